The van der Waals surface area contributed by atoms with Crippen molar-refractivity contribution in [3.63, 3.8) is 0 Å². The van der Waals surface area contributed by atoms with Gasteiger partial charge in [0.15, 0.2) is 0 Å². The number of nitrogen functional groups attached to an aromatic ring is 1. The number of hydrogen-bond acceptors (Lipinski definition) is 5. The zero-order valence-corrected chi connectivity index (χ0v) is 11.5. The summed E-state index contributed by atoms with van der Waals surface area (Å²) in [7, 11) is 0. The molecule has 100 valence electrons. The van der Waals surface area contributed by atoms with Crippen molar-refractivity contribution in [1.82, 2.24) is 15.3 Å². The van der Waals surface area contributed by atoms with Crippen molar-refractivity contribution in [1.29, 1.82) is 0 Å². The van der Waals surface area contributed by atoms with Crippen molar-refractivity contribution in [2.75, 3.05) is 24.3 Å². The number of carbonyl (C=O) groups excluding carboxylic acids is 1. The summed E-state index contributed by atoms with van der Waals surface area (Å²) >= 11 is 1.87. The Hall–Kier alpha value is -1.30. The fourth-order valence-electron chi connectivity index (χ4n) is 1.47. The summed E-state index contributed by atoms with van der Waals surface area (Å²) in [4.78, 5) is 19.4. The molecule has 0 saturated carbocycles. The third-order valence-corrected chi connectivity index (χ3v) is 3.16. The molecule has 1 aromatic rings. The molecule has 1 heterocycles. The van der Waals surface area contributed by atoms with Crippen LogP contribution in [0.1, 0.15) is 36.2 Å². The number of rotatable bonds is 8. The van der Waals surface area contributed by atoms with Crippen LogP contribution < -0.4 is 11.1 Å². The first-order chi connectivity index (χ1) is 8.74. The van der Waals surface area contributed by atoms with E-state index in [1.165, 1.54) is 31.0 Å². The molecule has 0 bridgehead atoms. The largest absolute Gasteiger partial charge is 0.382 e. The molecule has 3 N–H and O–H groups in total. The Bertz CT molecular complexity index is 356. The van der Waals surface area contributed by atoms with Gasteiger partial charge in [0, 0.05) is 6.54 Å². The van der Waals surface area contributed by atoms with E-state index >= 15 is 0 Å². The maximum atomic E-state index is 11.6. The molecule has 1 aromatic heterocycles. The number of nitrogens with two attached hydrogens (primary N) is 1. The van der Waals surface area contributed by atoms with Crippen LogP contribution in [-0.4, -0.2) is 34.4 Å². The number of anilines is 1. The van der Waals surface area contributed by atoms with Gasteiger partial charge >= 0.3 is 0 Å². The van der Waals surface area contributed by atoms with Gasteiger partial charge in [-0.2, -0.15) is 11.8 Å². The average molecular weight is 268 g/mol. The van der Waals surface area contributed by atoms with Crippen LogP contribution in [0, 0.1) is 0 Å². The number of hydrogen-bond donors (Lipinski definition) is 2. The van der Waals surface area contributed by atoms with Gasteiger partial charge in [-0.25, -0.2) is 9.97 Å². The number of nitrogens with one attached hydrogen (secondary N) is 1. The number of carbonyl (C=O) groups is 1. The Kier molecular flexibility index (Phi) is 7.17. The highest BCUT2D eigenvalue weighted by molar-refractivity contribution is 7.98. The van der Waals surface area contributed by atoms with E-state index in [2.05, 4.69) is 21.5 Å². The van der Waals surface area contributed by atoms with Crippen molar-refractivity contribution in [3.8, 4) is 0 Å². The summed E-state index contributed by atoms with van der Waals surface area (Å²) in [6, 6.07) is 0. The first-order valence-electron chi connectivity index (χ1n) is 6.08. The van der Waals surface area contributed by atoms with Gasteiger partial charge in [0.2, 0.25) is 0 Å². The lowest BCUT2D eigenvalue weighted by Crippen LogP contribution is -2.25. The summed E-state index contributed by atoms with van der Waals surface area (Å²) in [5.74, 6) is 1.35. The lowest BCUT2D eigenvalue weighted by molar-refractivity contribution is 0.0947. The lowest BCUT2D eigenvalue weighted by atomic mass is 10.2. The Balaban J connectivity index is 2.12. The van der Waals surface area contributed by atoms with Crippen LogP contribution in [-0.2, 0) is 0 Å². The van der Waals surface area contributed by atoms with Gasteiger partial charge < -0.3 is 11.1 Å². The van der Waals surface area contributed by atoms with Gasteiger partial charge in [0.1, 0.15) is 11.5 Å². The van der Waals surface area contributed by atoms with Crippen molar-refractivity contribution >= 4 is 23.5 Å². The predicted molar refractivity (Wildman–Crippen MR) is 75.6 cm³/mol. The highest BCUT2D eigenvalue weighted by atomic mass is 32.2. The lowest BCUT2D eigenvalue weighted by Gasteiger charge is -2.04. The van der Waals surface area contributed by atoms with E-state index in [0.717, 1.165) is 12.8 Å². The average Bonchev–Trinajstić information content (AvgIpc) is 2.38. The summed E-state index contributed by atoms with van der Waals surface area (Å²) in [6.07, 6.45) is 9.52. The van der Waals surface area contributed by atoms with Crippen molar-refractivity contribution in [2.45, 2.75) is 25.7 Å². The van der Waals surface area contributed by atoms with Crippen LogP contribution >= 0.6 is 11.8 Å². The normalized spacial score (nSPS) is 10.3. The first kappa shape index (κ1) is 14.8. The monoisotopic (exact) mass is 268 g/mol. The molecular formula is C12H20N4OS. The molecule has 0 spiro atoms. The molecule has 0 aliphatic rings. The number of aromatic nitrogens is 2. The molecule has 6 heteroatoms. The summed E-state index contributed by atoms with van der Waals surface area (Å²) in [5.41, 5.74) is 5.71. The molecule has 18 heavy (non-hydrogen) atoms. The zero-order chi connectivity index (χ0) is 13.2. The Labute approximate surface area is 112 Å². The van der Waals surface area contributed by atoms with Crippen molar-refractivity contribution < 1.29 is 4.79 Å². The van der Waals surface area contributed by atoms with E-state index in [4.69, 9.17) is 5.73 Å². The third kappa shape index (κ3) is 5.86. The van der Waals surface area contributed by atoms with Gasteiger partial charge in [-0.05, 0) is 24.9 Å². The second-order valence-corrected chi connectivity index (χ2v) is 4.98. The van der Waals surface area contributed by atoms with Crippen LogP contribution in [0.3, 0.4) is 0 Å². The highest BCUT2D eigenvalue weighted by Crippen LogP contribution is 2.04. The molecule has 0 atom stereocenters. The van der Waals surface area contributed by atoms with Gasteiger partial charge in [0.25, 0.3) is 5.91 Å². The SMILES string of the molecule is CSCCCCCCNC(=O)c1cnc(N)cn1. The topological polar surface area (TPSA) is 80.9 Å². The standard InChI is InChI=1S/C12H20N4OS/c1-18-7-5-3-2-4-6-14-12(17)10-8-16-11(13)9-15-10/h8-9H,2-7H2,1H3,(H2,13,16)(H,14,17). The maximum absolute atomic E-state index is 11.6. The van der Waals surface area contributed by atoms with E-state index in [1.807, 2.05) is 11.8 Å². The minimum atomic E-state index is -0.188. The molecule has 1 amide bonds. The maximum Gasteiger partial charge on any atom is 0.271 e. The fraction of sp³-hybridized carbons (Fsp3) is 0.583. The molecule has 0 radical (unpaired) electrons. The quantitative estimate of drug-likeness (QED) is 0.702. The number of thioether (sulfide) groups is 1. The van der Waals surface area contributed by atoms with Gasteiger partial charge in [-0.15, -0.1) is 0 Å². The van der Waals surface area contributed by atoms with Crippen molar-refractivity contribution in [3.05, 3.63) is 18.1 Å². The van der Waals surface area contributed by atoms with Crippen LogP contribution in [0.4, 0.5) is 5.82 Å². The zero-order valence-electron chi connectivity index (χ0n) is 10.7. The van der Waals surface area contributed by atoms with E-state index in [0.29, 0.717) is 18.1 Å². The molecule has 0 aromatic carbocycles. The van der Waals surface area contributed by atoms with Gasteiger partial charge in [-0.1, -0.05) is 12.8 Å². The highest BCUT2D eigenvalue weighted by Gasteiger charge is 2.06. The minimum absolute atomic E-state index is 0.188. The molecule has 0 aliphatic heterocycles. The molecule has 0 unspecified atom stereocenters. The van der Waals surface area contributed by atoms with E-state index < -0.39 is 0 Å². The van der Waals surface area contributed by atoms with Crippen LogP contribution in [0.25, 0.3) is 0 Å². The Morgan fingerprint density at radius 1 is 1.28 bits per heavy atom. The van der Waals surface area contributed by atoms with E-state index in [9.17, 15) is 4.79 Å². The van der Waals surface area contributed by atoms with E-state index in [-0.39, 0.29) is 5.91 Å². The van der Waals surface area contributed by atoms with Crippen LogP contribution in [0.15, 0.2) is 12.4 Å². The molecule has 0 aliphatic carbocycles. The molecule has 5 nitrogen and oxygen atoms in total. The Morgan fingerprint density at radius 2 is 2.06 bits per heavy atom. The minimum Gasteiger partial charge on any atom is -0.382 e. The molecule has 0 saturated heterocycles. The molecule has 0 fully saturated rings. The van der Waals surface area contributed by atoms with Crippen LogP contribution in [0.2, 0.25) is 0 Å². The van der Waals surface area contributed by atoms with Gasteiger partial charge in [0.05, 0.1) is 12.4 Å². The van der Waals surface area contributed by atoms with E-state index in [1.54, 1.807) is 0 Å². The summed E-state index contributed by atoms with van der Waals surface area (Å²) < 4.78 is 0. The van der Waals surface area contributed by atoms with Gasteiger partial charge in [-0.3, -0.25) is 4.79 Å². The first-order valence-corrected chi connectivity index (χ1v) is 7.48. The second-order valence-electron chi connectivity index (χ2n) is 3.99. The Morgan fingerprint density at radius 3 is 2.72 bits per heavy atom. The smallest absolute Gasteiger partial charge is 0.271 e. The predicted octanol–water partition coefficient (Wildman–Crippen LogP) is 1.71. The molecular weight excluding hydrogens is 248 g/mol. The fourth-order valence-corrected chi connectivity index (χ4v) is 1.97. The second kappa shape index (κ2) is 8.74. The number of unbranched alkanes of at least 4 members (excludes halogenated alkanes) is 3. The molecule has 1 rings (SSSR count). The summed E-state index contributed by atoms with van der Waals surface area (Å²) in [5, 5.41) is 2.82. The number of amides is 1. The summed E-state index contributed by atoms with van der Waals surface area (Å²) in [6.45, 7) is 0.685. The van der Waals surface area contributed by atoms with Crippen molar-refractivity contribution in [2.24, 2.45) is 0 Å². The van der Waals surface area contributed by atoms with Crippen LogP contribution in [0.5, 0.6) is 0 Å². The number of nitrogens with zero attached hydrogens (tertiary/aromatic N) is 2. The third-order valence-electron chi connectivity index (χ3n) is 2.47.